The van der Waals surface area contributed by atoms with Crippen molar-refractivity contribution in [2.45, 2.75) is 45.8 Å². The van der Waals surface area contributed by atoms with Crippen molar-refractivity contribution in [3.63, 3.8) is 0 Å². The van der Waals surface area contributed by atoms with E-state index in [1.165, 1.54) is 7.11 Å². The molecule has 216 valence electrons. The highest BCUT2D eigenvalue weighted by atomic mass is 16.6. The fraction of sp³-hybridized carbons (Fsp3) is 0.333. The lowest BCUT2D eigenvalue weighted by Crippen LogP contribution is -2.42. The topological polar surface area (TPSA) is 109 Å². The Morgan fingerprint density at radius 1 is 1.02 bits per heavy atom. The third-order valence-corrected chi connectivity index (χ3v) is 7.44. The number of benzene rings is 2. The van der Waals surface area contributed by atoms with Crippen LogP contribution in [0.15, 0.2) is 67.0 Å². The lowest BCUT2D eigenvalue weighted by atomic mass is 9.95. The zero-order valence-corrected chi connectivity index (χ0v) is 24.4. The van der Waals surface area contributed by atoms with E-state index in [9.17, 15) is 14.9 Å². The molecule has 1 fully saturated rings. The third-order valence-electron chi connectivity index (χ3n) is 7.44. The number of hydrogen-bond acceptors (Lipinski definition) is 6. The van der Waals surface area contributed by atoms with E-state index in [-0.39, 0.29) is 6.09 Å². The van der Waals surface area contributed by atoms with Crippen molar-refractivity contribution in [1.29, 1.82) is 5.26 Å². The van der Waals surface area contributed by atoms with Crippen LogP contribution in [0.1, 0.15) is 39.2 Å². The molecule has 0 atom stereocenters. The second kappa shape index (κ2) is 12.0. The van der Waals surface area contributed by atoms with Gasteiger partial charge in [0.2, 0.25) is 0 Å². The number of anilines is 1. The number of amides is 2. The molecule has 9 nitrogen and oxygen atoms in total. The molecule has 1 aliphatic heterocycles. The fourth-order valence-corrected chi connectivity index (χ4v) is 5.32. The minimum absolute atomic E-state index is 0.245. The van der Waals surface area contributed by atoms with Crippen LogP contribution < -0.4 is 5.32 Å². The Hall–Kier alpha value is -4.84. The zero-order chi connectivity index (χ0) is 29.9. The summed E-state index contributed by atoms with van der Waals surface area (Å²) in [6, 6.07) is 19.3. The Morgan fingerprint density at radius 3 is 2.31 bits per heavy atom. The molecule has 0 saturated carbocycles. The van der Waals surface area contributed by atoms with E-state index in [2.05, 4.69) is 28.2 Å². The van der Waals surface area contributed by atoms with E-state index in [0.29, 0.717) is 30.3 Å². The molecular weight excluding hydrogens is 530 g/mol. The SMILES string of the molecule is COC(=O)Nc1ccc(-c2ncc3c(ccn3CC3CCN(C(=O)OC(C)(C)C)CC3)c2-c2ccc(C#N)cc2)cc1. The highest BCUT2D eigenvalue weighted by Crippen LogP contribution is 2.38. The number of aromatic nitrogens is 2. The summed E-state index contributed by atoms with van der Waals surface area (Å²) in [4.78, 5) is 30.9. The minimum Gasteiger partial charge on any atom is -0.453 e. The van der Waals surface area contributed by atoms with Crippen LogP contribution in [-0.4, -0.2) is 52.4 Å². The highest BCUT2D eigenvalue weighted by Gasteiger charge is 2.27. The number of fused-ring (bicyclic) bond motifs is 1. The third kappa shape index (κ3) is 6.39. The van der Waals surface area contributed by atoms with E-state index in [1.54, 1.807) is 4.90 Å². The lowest BCUT2D eigenvalue weighted by molar-refractivity contribution is 0.0178. The number of nitrogens with zero attached hydrogens (tertiary/aromatic N) is 4. The maximum absolute atomic E-state index is 12.5. The van der Waals surface area contributed by atoms with Crippen molar-refractivity contribution in [3.05, 3.63) is 72.6 Å². The number of nitriles is 1. The number of carbonyl (C=O) groups excluding carboxylic acids is 2. The fourth-order valence-electron chi connectivity index (χ4n) is 5.32. The maximum Gasteiger partial charge on any atom is 0.411 e. The highest BCUT2D eigenvalue weighted by molar-refractivity contribution is 6.01. The van der Waals surface area contributed by atoms with Crippen LogP contribution in [0.5, 0.6) is 0 Å². The number of pyridine rings is 1. The van der Waals surface area contributed by atoms with E-state index in [4.69, 9.17) is 14.5 Å². The van der Waals surface area contributed by atoms with Gasteiger partial charge < -0.3 is 18.9 Å². The average Bonchev–Trinajstić information content (AvgIpc) is 3.39. The first kappa shape index (κ1) is 28.7. The van der Waals surface area contributed by atoms with E-state index in [0.717, 1.165) is 52.7 Å². The molecule has 3 heterocycles. The minimum atomic E-state index is -0.530. The van der Waals surface area contributed by atoms with Gasteiger partial charge in [0.1, 0.15) is 5.60 Å². The summed E-state index contributed by atoms with van der Waals surface area (Å²) < 4.78 is 12.5. The largest absolute Gasteiger partial charge is 0.453 e. The van der Waals surface area contributed by atoms with Gasteiger partial charge in [-0.3, -0.25) is 10.3 Å². The van der Waals surface area contributed by atoms with Gasteiger partial charge in [0.15, 0.2) is 0 Å². The lowest BCUT2D eigenvalue weighted by Gasteiger charge is -2.33. The number of carbonyl (C=O) groups is 2. The monoisotopic (exact) mass is 565 g/mol. The van der Waals surface area contributed by atoms with Crippen molar-refractivity contribution in [3.8, 4) is 28.5 Å². The van der Waals surface area contributed by atoms with Gasteiger partial charge in [0.25, 0.3) is 0 Å². The molecule has 2 amide bonds. The molecule has 0 bridgehead atoms. The van der Waals surface area contributed by atoms with Gasteiger partial charge in [-0.15, -0.1) is 0 Å². The van der Waals surface area contributed by atoms with E-state index < -0.39 is 11.7 Å². The van der Waals surface area contributed by atoms with E-state index in [1.807, 2.05) is 75.5 Å². The van der Waals surface area contributed by atoms with Crippen molar-refractivity contribution < 1.29 is 19.1 Å². The smallest absolute Gasteiger partial charge is 0.411 e. The first-order chi connectivity index (χ1) is 20.1. The van der Waals surface area contributed by atoms with Crippen LogP contribution in [-0.2, 0) is 16.0 Å². The molecule has 1 aliphatic rings. The van der Waals surface area contributed by atoms with Crippen molar-refractivity contribution >= 4 is 28.8 Å². The molecule has 5 rings (SSSR count). The summed E-state index contributed by atoms with van der Waals surface area (Å²) in [5, 5.41) is 13.1. The van der Waals surface area contributed by atoms with Gasteiger partial charge >= 0.3 is 12.2 Å². The number of likely N-dealkylation sites (tertiary alicyclic amines) is 1. The number of methoxy groups -OCH3 is 1. The second-order valence-electron chi connectivity index (χ2n) is 11.5. The van der Waals surface area contributed by atoms with Gasteiger partial charge in [-0.1, -0.05) is 24.3 Å². The summed E-state index contributed by atoms with van der Waals surface area (Å²) in [7, 11) is 1.33. The quantitative estimate of drug-likeness (QED) is 0.277. The van der Waals surface area contributed by atoms with Gasteiger partial charge in [-0.2, -0.15) is 5.26 Å². The molecule has 0 radical (unpaired) electrons. The summed E-state index contributed by atoms with van der Waals surface area (Å²) in [6.07, 6.45) is 5.04. The summed E-state index contributed by atoms with van der Waals surface area (Å²) in [5.74, 6) is 0.423. The van der Waals surface area contributed by atoms with Crippen LogP contribution in [0.4, 0.5) is 15.3 Å². The Labute approximate surface area is 245 Å². The molecule has 0 spiro atoms. The number of nitrogens with one attached hydrogen (secondary N) is 1. The normalized spacial score (nSPS) is 13.9. The van der Waals surface area contributed by atoms with Crippen LogP contribution in [0.3, 0.4) is 0 Å². The van der Waals surface area contributed by atoms with Gasteiger partial charge in [-0.25, -0.2) is 9.59 Å². The van der Waals surface area contributed by atoms with Gasteiger partial charge in [0.05, 0.1) is 36.1 Å². The van der Waals surface area contributed by atoms with Crippen molar-refractivity contribution in [1.82, 2.24) is 14.5 Å². The van der Waals surface area contributed by atoms with E-state index >= 15 is 0 Å². The molecule has 0 unspecified atom stereocenters. The summed E-state index contributed by atoms with van der Waals surface area (Å²) in [6.45, 7) is 7.85. The molecular formula is C33H35N5O4. The van der Waals surface area contributed by atoms with Crippen LogP contribution >= 0.6 is 0 Å². The van der Waals surface area contributed by atoms with Crippen molar-refractivity contribution in [2.24, 2.45) is 5.92 Å². The average molecular weight is 566 g/mol. The first-order valence-corrected chi connectivity index (χ1v) is 14.1. The molecule has 9 heteroatoms. The number of piperidine rings is 1. The Bertz CT molecular complexity index is 1620. The maximum atomic E-state index is 12.5. The molecule has 0 aliphatic carbocycles. The second-order valence-corrected chi connectivity index (χ2v) is 11.5. The van der Waals surface area contributed by atoms with Crippen LogP contribution in [0.2, 0.25) is 0 Å². The standard InChI is InChI=1S/C33H35N5O4/c1-33(2,3)42-32(40)37-16-13-23(14-17-37)21-38-18-15-27-28(38)20-35-30(29(27)24-7-5-22(19-34)6-8-24)25-9-11-26(12-10-25)36-31(39)41-4/h5-12,15,18,20,23H,13-14,16-17,21H2,1-4H3,(H,36,39). The van der Waals surface area contributed by atoms with Gasteiger partial charge in [-0.05, 0) is 75.4 Å². The molecule has 42 heavy (non-hydrogen) atoms. The summed E-state index contributed by atoms with van der Waals surface area (Å²) in [5.41, 5.74) is 5.38. The number of rotatable bonds is 5. The molecule has 2 aromatic heterocycles. The Kier molecular flexibility index (Phi) is 8.16. The molecule has 4 aromatic rings. The summed E-state index contributed by atoms with van der Waals surface area (Å²) >= 11 is 0. The van der Waals surface area contributed by atoms with Crippen LogP contribution in [0.25, 0.3) is 33.3 Å². The Balaban J connectivity index is 1.43. The zero-order valence-electron chi connectivity index (χ0n) is 24.4. The molecule has 1 N–H and O–H groups in total. The number of hydrogen-bond donors (Lipinski definition) is 1. The Morgan fingerprint density at radius 2 is 1.69 bits per heavy atom. The van der Waals surface area contributed by atoms with Crippen molar-refractivity contribution in [2.75, 3.05) is 25.5 Å². The molecule has 1 saturated heterocycles. The predicted octanol–water partition coefficient (Wildman–Crippen LogP) is 7.07. The predicted molar refractivity (Wildman–Crippen MR) is 162 cm³/mol. The van der Waals surface area contributed by atoms with Crippen LogP contribution in [0, 0.1) is 17.2 Å². The first-order valence-electron chi connectivity index (χ1n) is 14.1. The molecule has 2 aromatic carbocycles. The number of ether oxygens (including phenoxy) is 2. The van der Waals surface area contributed by atoms with Gasteiger partial charge in [0, 0.05) is 48.0 Å².